The SMILES string of the molecule is CCC(COC(=O)C(C)(C)C)O[N+](=O)[O-]. The number of rotatable bonds is 5. The van der Waals surface area contributed by atoms with Gasteiger partial charge in [-0.25, -0.2) is 0 Å². The maximum atomic E-state index is 11.3. The van der Waals surface area contributed by atoms with Crippen LogP contribution >= 0.6 is 0 Å². The molecule has 0 fully saturated rings. The number of carbonyl (C=O) groups is 1. The molecule has 1 unspecified atom stereocenters. The highest BCUT2D eigenvalue weighted by Crippen LogP contribution is 2.15. The summed E-state index contributed by atoms with van der Waals surface area (Å²) in [5.41, 5.74) is -0.604. The van der Waals surface area contributed by atoms with Gasteiger partial charge in [-0.1, -0.05) is 6.92 Å². The predicted octanol–water partition coefficient (Wildman–Crippen LogP) is 1.56. The molecule has 0 aliphatic rings. The van der Waals surface area contributed by atoms with E-state index < -0.39 is 22.6 Å². The number of hydrogen-bond donors (Lipinski definition) is 0. The van der Waals surface area contributed by atoms with Gasteiger partial charge in [0.25, 0.3) is 5.09 Å². The summed E-state index contributed by atoms with van der Waals surface area (Å²) in [6, 6.07) is 0. The number of nitrogens with zero attached hydrogens (tertiary/aromatic N) is 1. The number of carbonyl (C=O) groups excluding carboxylic acids is 1. The Morgan fingerprint density at radius 1 is 1.47 bits per heavy atom. The van der Waals surface area contributed by atoms with E-state index in [2.05, 4.69) is 4.84 Å². The highest BCUT2D eigenvalue weighted by molar-refractivity contribution is 5.75. The molecule has 6 heteroatoms. The lowest BCUT2D eigenvalue weighted by atomic mass is 9.97. The molecule has 0 aromatic carbocycles. The van der Waals surface area contributed by atoms with Crippen molar-refractivity contribution < 1.29 is 19.5 Å². The summed E-state index contributed by atoms with van der Waals surface area (Å²) in [6.45, 7) is 6.77. The van der Waals surface area contributed by atoms with E-state index in [1.165, 1.54) is 0 Å². The zero-order valence-electron chi connectivity index (χ0n) is 9.48. The first-order chi connectivity index (χ1) is 6.77. The first kappa shape index (κ1) is 13.7. The maximum Gasteiger partial charge on any atom is 0.311 e. The zero-order valence-corrected chi connectivity index (χ0v) is 9.48. The molecule has 0 aliphatic carbocycles. The third-order valence-electron chi connectivity index (χ3n) is 1.70. The van der Waals surface area contributed by atoms with Gasteiger partial charge in [-0.15, -0.1) is 10.1 Å². The van der Waals surface area contributed by atoms with Gasteiger partial charge in [-0.05, 0) is 27.2 Å². The second kappa shape index (κ2) is 5.53. The van der Waals surface area contributed by atoms with Crippen molar-refractivity contribution in [3.63, 3.8) is 0 Å². The quantitative estimate of drug-likeness (QED) is 0.398. The molecule has 0 aliphatic heterocycles. The van der Waals surface area contributed by atoms with Crippen LogP contribution < -0.4 is 0 Å². The highest BCUT2D eigenvalue weighted by atomic mass is 17.0. The molecule has 0 bridgehead atoms. The Kier molecular flexibility index (Phi) is 5.04. The Morgan fingerprint density at radius 2 is 2.00 bits per heavy atom. The minimum absolute atomic E-state index is 0.0897. The second-order valence-corrected chi connectivity index (χ2v) is 4.21. The third kappa shape index (κ3) is 5.87. The number of esters is 1. The van der Waals surface area contributed by atoms with Gasteiger partial charge in [0.1, 0.15) is 12.7 Å². The Morgan fingerprint density at radius 3 is 2.33 bits per heavy atom. The summed E-state index contributed by atoms with van der Waals surface area (Å²) in [4.78, 5) is 25.7. The zero-order chi connectivity index (χ0) is 12.1. The summed E-state index contributed by atoms with van der Waals surface area (Å²) < 4.78 is 4.89. The topological polar surface area (TPSA) is 78.7 Å². The largest absolute Gasteiger partial charge is 0.463 e. The Balaban J connectivity index is 4.01. The van der Waals surface area contributed by atoms with Crippen molar-refractivity contribution in [2.75, 3.05) is 6.61 Å². The fraction of sp³-hybridized carbons (Fsp3) is 0.889. The lowest BCUT2D eigenvalue weighted by Crippen LogP contribution is -2.29. The molecule has 0 radical (unpaired) electrons. The Labute approximate surface area is 88.7 Å². The van der Waals surface area contributed by atoms with Gasteiger partial charge in [0.15, 0.2) is 0 Å². The summed E-state index contributed by atoms with van der Waals surface area (Å²) >= 11 is 0. The van der Waals surface area contributed by atoms with Gasteiger partial charge in [0, 0.05) is 0 Å². The molecule has 0 heterocycles. The van der Waals surface area contributed by atoms with Crippen LogP contribution in [0, 0.1) is 15.5 Å². The van der Waals surface area contributed by atoms with Gasteiger partial charge in [-0.2, -0.15) is 0 Å². The summed E-state index contributed by atoms with van der Waals surface area (Å²) in [7, 11) is 0. The van der Waals surface area contributed by atoms with Crippen LogP contribution in [0.5, 0.6) is 0 Å². The minimum atomic E-state index is -0.876. The van der Waals surface area contributed by atoms with E-state index in [4.69, 9.17) is 4.74 Å². The molecular weight excluding hydrogens is 202 g/mol. The van der Waals surface area contributed by atoms with Crippen molar-refractivity contribution >= 4 is 5.97 Å². The van der Waals surface area contributed by atoms with Crippen LogP contribution in [0.15, 0.2) is 0 Å². The van der Waals surface area contributed by atoms with Crippen molar-refractivity contribution in [2.45, 2.75) is 40.2 Å². The van der Waals surface area contributed by atoms with Crippen molar-refractivity contribution in [2.24, 2.45) is 5.41 Å². The highest BCUT2D eigenvalue weighted by Gasteiger charge is 2.24. The first-order valence-corrected chi connectivity index (χ1v) is 4.75. The van der Waals surface area contributed by atoms with Crippen molar-refractivity contribution in [1.82, 2.24) is 0 Å². The van der Waals surface area contributed by atoms with E-state index in [9.17, 15) is 14.9 Å². The standard InChI is InChI=1S/C9H17NO5/c1-5-7(15-10(12)13)6-14-8(11)9(2,3)4/h7H,5-6H2,1-4H3. The molecule has 1 atom stereocenters. The molecule has 0 aromatic rings. The number of ether oxygens (including phenoxy) is 1. The van der Waals surface area contributed by atoms with Crippen molar-refractivity contribution in [3.05, 3.63) is 10.1 Å². The van der Waals surface area contributed by atoms with Crippen LogP contribution in [0.4, 0.5) is 0 Å². The molecule has 0 rings (SSSR count). The smallest absolute Gasteiger partial charge is 0.311 e. The van der Waals surface area contributed by atoms with E-state index in [-0.39, 0.29) is 6.61 Å². The average Bonchev–Trinajstić information content (AvgIpc) is 2.09. The normalized spacial score (nSPS) is 13.1. The predicted molar refractivity (Wildman–Crippen MR) is 52.6 cm³/mol. The summed E-state index contributed by atoms with van der Waals surface area (Å²) in [5.74, 6) is -0.395. The molecule has 6 nitrogen and oxygen atoms in total. The van der Waals surface area contributed by atoms with Crippen LogP contribution in [0.3, 0.4) is 0 Å². The van der Waals surface area contributed by atoms with E-state index in [1.54, 1.807) is 27.7 Å². The minimum Gasteiger partial charge on any atom is -0.463 e. The van der Waals surface area contributed by atoms with E-state index in [0.29, 0.717) is 6.42 Å². The molecule has 0 saturated heterocycles. The van der Waals surface area contributed by atoms with E-state index >= 15 is 0 Å². The molecule has 0 N–H and O–H groups in total. The van der Waals surface area contributed by atoms with Crippen LogP contribution in [0.2, 0.25) is 0 Å². The van der Waals surface area contributed by atoms with Gasteiger partial charge in [0.2, 0.25) is 0 Å². The molecule has 15 heavy (non-hydrogen) atoms. The Hall–Kier alpha value is -1.33. The van der Waals surface area contributed by atoms with Crippen LogP contribution in [-0.4, -0.2) is 23.8 Å². The van der Waals surface area contributed by atoms with Gasteiger partial charge < -0.3 is 9.57 Å². The van der Waals surface area contributed by atoms with Gasteiger partial charge >= 0.3 is 5.97 Å². The molecule has 0 spiro atoms. The Bertz CT molecular complexity index is 233. The summed E-state index contributed by atoms with van der Waals surface area (Å²) in [6.07, 6.45) is -0.274. The molecule has 88 valence electrons. The third-order valence-corrected chi connectivity index (χ3v) is 1.70. The monoisotopic (exact) mass is 219 g/mol. The second-order valence-electron chi connectivity index (χ2n) is 4.21. The van der Waals surface area contributed by atoms with Crippen molar-refractivity contribution in [1.29, 1.82) is 0 Å². The summed E-state index contributed by atoms with van der Waals surface area (Å²) in [5, 5.41) is 9.18. The lowest BCUT2D eigenvalue weighted by Gasteiger charge is -2.19. The fourth-order valence-electron chi connectivity index (χ4n) is 0.730. The van der Waals surface area contributed by atoms with Gasteiger partial charge in [0.05, 0.1) is 5.41 Å². The molecule has 0 saturated carbocycles. The average molecular weight is 219 g/mol. The van der Waals surface area contributed by atoms with Crippen LogP contribution in [0.1, 0.15) is 34.1 Å². The lowest BCUT2D eigenvalue weighted by molar-refractivity contribution is -0.769. The first-order valence-electron chi connectivity index (χ1n) is 4.75. The van der Waals surface area contributed by atoms with Crippen LogP contribution in [0.25, 0.3) is 0 Å². The molecule has 0 amide bonds. The number of hydrogen-bond acceptors (Lipinski definition) is 5. The fourth-order valence-corrected chi connectivity index (χ4v) is 0.730. The maximum absolute atomic E-state index is 11.3. The van der Waals surface area contributed by atoms with Gasteiger partial charge in [-0.3, -0.25) is 4.79 Å². The van der Waals surface area contributed by atoms with Crippen molar-refractivity contribution in [3.8, 4) is 0 Å². The molecule has 0 aromatic heterocycles. The van der Waals surface area contributed by atoms with E-state index in [1.807, 2.05) is 0 Å². The molecular formula is C9H17NO5. The van der Waals surface area contributed by atoms with Crippen LogP contribution in [-0.2, 0) is 14.4 Å². The van der Waals surface area contributed by atoms with E-state index in [0.717, 1.165) is 0 Å².